The Balaban J connectivity index is 2.16. The Labute approximate surface area is 124 Å². The van der Waals surface area contributed by atoms with Crippen LogP contribution in [0.3, 0.4) is 0 Å². The van der Waals surface area contributed by atoms with E-state index < -0.39 is 17.0 Å². The number of aliphatic hydroxyl groups excluding tert-OH is 1. The molecule has 0 amide bonds. The van der Waals surface area contributed by atoms with Crippen LogP contribution in [0, 0.1) is 16.7 Å². The van der Waals surface area contributed by atoms with Gasteiger partial charge in [0.05, 0.1) is 18.8 Å². The number of nitriles is 1. The molecule has 2 atom stereocenters. The maximum atomic E-state index is 12.3. The van der Waals surface area contributed by atoms with Gasteiger partial charge < -0.3 is 9.84 Å². The highest BCUT2D eigenvalue weighted by Gasteiger charge is 2.41. The summed E-state index contributed by atoms with van der Waals surface area (Å²) in [6.07, 6.45) is 0.101. The standard InChI is InChI=1S/C14H14F3NO2S/c15-14(16,17)21-11-4-2-10(3-5-11)12(19)13(8-18)6-1-7-20-9-13/h2-5,12,19H,1,6-7,9H2. The lowest BCUT2D eigenvalue weighted by molar-refractivity contribution is -0.0506. The molecule has 1 saturated heterocycles. The van der Waals surface area contributed by atoms with Crippen molar-refractivity contribution in [3.63, 3.8) is 0 Å². The van der Waals surface area contributed by atoms with E-state index in [9.17, 15) is 23.5 Å². The zero-order valence-corrected chi connectivity index (χ0v) is 11.9. The Hall–Kier alpha value is -1.23. The smallest absolute Gasteiger partial charge is 0.387 e. The quantitative estimate of drug-likeness (QED) is 0.865. The van der Waals surface area contributed by atoms with Crippen molar-refractivity contribution in [1.82, 2.24) is 0 Å². The molecular weight excluding hydrogens is 303 g/mol. The number of halogens is 3. The average Bonchev–Trinajstić information content (AvgIpc) is 2.46. The first-order chi connectivity index (χ1) is 9.86. The number of thioether (sulfide) groups is 1. The zero-order valence-electron chi connectivity index (χ0n) is 11.1. The van der Waals surface area contributed by atoms with Crippen LogP contribution in [0.1, 0.15) is 24.5 Å². The second-order valence-electron chi connectivity index (χ2n) is 4.94. The lowest BCUT2D eigenvalue weighted by Crippen LogP contribution is -2.36. The molecule has 0 radical (unpaired) electrons. The van der Waals surface area contributed by atoms with E-state index in [1.54, 1.807) is 0 Å². The number of nitrogens with zero attached hydrogens (tertiary/aromatic N) is 1. The Kier molecular flexibility index (Phi) is 4.81. The highest BCUT2D eigenvalue weighted by atomic mass is 32.2. The van der Waals surface area contributed by atoms with Crippen LogP contribution in [-0.2, 0) is 4.74 Å². The van der Waals surface area contributed by atoms with Gasteiger partial charge in [0.25, 0.3) is 0 Å². The van der Waals surface area contributed by atoms with Crippen molar-refractivity contribution in [2.45, 2.75) is 29.3 Å². The summed E-state index contributed by atoms with van der Waals surface area (Å²) in [6.45, 7) is 0.682. The normalized spacial score (nSPS) is 24.3. The lowest BCUT2D eigenvalue weighted by atomic mass is 9.76. The maximum absolute atomic E-state index is 12.3. The fraction of sp³-hybridized carbons (Fsp3) is 0.500. The highest BCUT2D eigenvalue weighted by molar-refractivity contribution is 8.00. The first kappa shape index (κ1) is 16.1. The molecule has 1 aromatic rings. The Morgan fingerprint density at radius 3 is 2.48 bits per heavy atom. The molecule has 0 bridgehead atoms. The van der Waals surface area contributed by atoms with Gasteiger partial charge in [-0.25, -0.2) is 0 Å². The Bertz CT molecular complexity index is 519. The second-order valence-corrected chi connectivity index (χ2v) is 6.08. The van der Waals surface area contributed by atoms with Gasteiger partial charge in [0, 0.05) is 11.5 Å². The Morgan fingerprint density at radius 1 is 1.33 bits per heavy atom. The summed E-state index contributed by atoms with van der Waals surface area (Å²) < 4.78 is 42.1. The topological polar surface area (TPSA) is 53.2 Å². The third-order valence-corrected chi connectivity index (χ3v) is 4.19. The zero-order chi connectivity index (χ0) is 15.5. The molecule has 2 unspecified atom stereocenters. The van der Waals surface area contributed by atoms with E-state index >= 15 is 0 Å². The monoisotopic (exact) mass is 317 g/mol. The molecular formula is C14H14F3NO2S. The van der Waals surface area contributed by atoms with Gasteiger partial charge in [0.2, 0.25) is 0 Å². The molecule has 2 rings (SSSR count). The molecule has 21 heavy (non-hydrogen) atoms. The first-order valence-electron chi connectivity index (χ1n) is 6.39. The molecule has 1 heterocycles. The van der Waals surface area contributed by atoms with Gasteiger partial charge in [-0.1, -0.05) is 12.1 Å². The van der Waals surface area contributed by atoms with Crippen molar-refractivity contribution in [2.75, 3.05) is 13.2 Å². The van der Waals surface area contributed by atoms with Crippen molar-refractivity contribution in [2.24, 2.45) is 5.41 Å². The lowest BCUT2D eigenvalue weighted by Gasteiger charge is -2.35. The van der Waals surface area contributed by atoms with Gasteiger partial charge in [-0.2, -0.15) is 18.4 Å². The fourth-order valence-corrected chi connectivity index (χ4v) is 2.89. The summed E-state index contributed by atoms with van der Waals surface area (Å²) in [5.41, 5.74) is -4.95. The summed E-state index contributed by atoms with van der Waals surface area (Å²) >= 11 is -0.210. The number of ether oxygens (including phenoxy) is 1. The van der Waals surface area contributed by atoms with Crippen LogP contribution in [-0.4, -0.2) is 23.8 Å². The van der Waals surface area contributed by atoms with Crippen molar-refractivity contribution < 1.29 is 23.0 Å². The minimum atomic E-state index is -4.34. The van der Waals surface area contributed by atoms with Gasteiger partial charge in [-0.05, 0) is 42.3 Å². The predicted octanol–water partition coefficient (Wildman–Crippen LogP) is 3.65. The first-order valence-corrected chi connectivity index (χ1v) is 7.21. The van der Waals surface area contributed by atoms with Crippen LogP contribution in [0.25, 0.3) is 0 Å². The number of benzene rings is 1. The third-order valence-electron chi connectivity index (χ3n) is 3.45. The van der Waals surface area contributed by atoms with Crippen LogP contribution in [0.5, 0.6) is 0 Å². The molecule has 114 valence electrons. The minimum absolute atomic E-state index is 0.0457. The van der Waals surface area contributed by atoms with Crippen LogP contribution < -0.4 is 0 Å². The molecule has 3 nitrogen and oxygen atoms in total. The predicted molar refractivity (Wildman–Crippen MR) is 71.4 cm³/mol. The molecule has 0 aromatic heterocycles. The van der Waals surface area contributed by atoms with Crippen molar-refractivity contribution in [1.29, 1.82) is 5.26 Å². The number of alkyl halides is 3. The molecule has 0 spiro atoms. The highest BCUT2D eigenvalue weighted by Crippen LogP contribution is 2.42. The Morgan fingerprint density at radius 2 is 2.00 bits per heavy atom. The van der Waals surface area contributed by atoms with E-state index in [-0.39, 0.29) is 23.3 Å². The molecule has 1 aromatic carbocycles. The van der Waals surface area contributed by atoms with E-state index in [0.29, 0.717) is 25.0 Å². The summed E-state index contributed by atoms with van der Waals surface area (Å²) in [6, 6.07) is 7.55. The number of rotatable bonds is 3. The molecule has 0 aliphatic carbocycles. The number of aliphatic hydroxyl groups is 1. The van der Waals surface area contributed by atoms with Crippen molar-refractivity contribution in [3.05, 3.63) is 29.8 Å². The largest absolute Gasteiger partial charge is 0.446 e. The maximum Gasteiger partial charge on any atom is 0.446 e. The van der Waals surface area contributed by atoms with Crippen LogP contribution >= 0.6 is 11.8 Å². The van der Waals surface area contributed by atoms with E-state index in [4.69, 9.17) is 4.74 Å². The van der Waals surface area contributed by atoms with Crippen LogP contribution in [0.4, 0.5) is 13.2 Å². The minimum Gasteiger partial charge on any atom is -0.387 e. The molecule has 1 N–H and O–H groups in total. The van der Waals surface area contributed by atoms with Gasteiger partial charge in [0.1, 0.15) is 5.41 Å². The van der Waals surface area contributed by atoms with E-state index in [0.717, 1.165) is 0 Å². The van der Waals surface area contributed by atoms with Gasteiger partial charge in [0.15, 0.2) is 0 Å². The van der Waals surface area contributed by atoms with Gasteiger partial charge in [-0.15, -0.1) is 0 Å². The second kappa shape index (κ2) is 6.26. The molecule has 0 saturated carbocycles. The van der Waals surface area contributed by atoms with E-state index in [1.165, 1.54) is 24.3 Å². The van der Waals surface area contributed by atoms with Gasteiger partial charge in [-0.3, -0.25) is 0 Å². The molecule has 1 aliphatic heterocycles. The fourth-order valence-electron chi connectivity index (χ4n) is 2.35. The molecule has 7 heteroatoms. The summed E-state index contributed by atoms with van der Waals surface area (Å²) in [5.74, 6) is 0. The van der Waals surface area contributed by atoms with Gasteiger partial charge >= 0.3 is 5.51 Å². The SMILES string of the molecule is N#CC1(C(O)c2ccc(SC(F)(F)F)cc2)CCCOC1. The molecule has 1 aliphatic rings. The summed E-state index contributed by atoms with van der Waals surface area (Å²) in [4.78, 5) is 0.0457. The molecule has 1 fully saturated rings. The summed E-state index contributed by atoms with van der Waals surface area (Å²) in [7, 11) is 0. The van der Waals surface area contributed by atoms with Crippen LogP contribution in [0.15, 0.2) is 29.2 Å². The summed E-state index contributed by atoms with van der Waals surface area (Å²) in [5, 5.41) is 19.7. The number of hydrogen-bond acceptors (Lipinski definition) is 4. The number of hydrogen-bond donors (Lipinski definition) is 1. The van der Waals surface area contributed by atoms with Crippen molar-refractivity contribution in [3.8, 4) is 6.07 Å². The van der Waals surface area contributed by atoms with Crippen LogP contribution in [0.2, 0.25) is 0 Å². The van der Waals surface area contributed by atoms with Crippen molar-refractivity contribution >= 4 is 11.8 Å². The van der Waals surface area contributed by atoms with E-state index in [2.05, 4.69) is 6.07 Å². The van der Waals surface area contributed by atoms with E-state index in [1.807, 2.05) is 0 Å². The average molecular weight is 317 g/mol. The third kappa shape index (κ3) is 3.90.